The van der Waals surface area contributed by atoms with Gasteiger partial charge in [0.1, 0.15) is 0 Å². The zero-order chi connectivity index (χ0) is 25.9. The third-order valence-corrected chi connectivity index (χ3v) is 6.84. The number of hydrogen-bond donors (Lipinski definition) is 0. The van der Waals surface area contributed by atoms with Crippen molar-refractivity contribution < 1.29 is 4.11 Å². The van der Waals surface area contributed by atoms with E-state index in [-0.39, 0.29) is 11.0 Å². The molecule has 0 unspecified atom stereocenters. The standard InChI is InChI=1S/C32H33N/c1-22-20-26-25-17-10-12-18-27(25)32(5,6)28(26)21-30(22)33(31(2,3)4)29-19-13-11-16-24(29)23-14-8-7-9-15-23/h7-21H,1-6H3/i1D3. The van der Waals surface area contributed by atoms with Crippen LogP contribution in [0.3, 0.4) is 0 Å². The highest BCUT2D eigenvalue weighted by molar-refractivity contribution is 5.88. The quantitative estimate of drug-likeness (QED) is 0.311. The highest BCUT2D eigenvalue weighted by Crippen LogP contribution is 2.51. The molecule has 4 aromatic carbocycles. The van der Waals surface area contributed by atoms with Gasteiger partial charge in [0.2, 0.25) is 0 Å². The number of rotatable bonds is 3. The maximum absolute atomic E-state index is 8.54. The predicted octanol–water partition coefficient (Wildman–Crippen LogP) is 8.90. The van der Waals surface area contributed by atoms with E-state index in [2.05, 4.69) is 88.0 Å². The Balaban J connectivity index is 1.83. The SMILES string of the molecule is [2H]C([2H])([2H])c1cc2c(cc1N(c1ccccc1-c1ccccc1)C(C)(C)C)C(C)(C)c1ccccc1-2. The molecule has 1 aliphatic carbocycles. The summed E-state index contributed by atoms with van der Waals surface area (Å²) in [5, 5.41) is 0. The number of nitrogens with zero attached hydrogens (tertiary/aromatic N) is 1. The summed E-state index contributed by atoms with van der Waals surface area (Å²) in [4.78, 5) is 2.22. The van der Waals surface area contributed by atoms with Gasteiger partial charge in [0.25, 0.3) is 0 Å². The Labute approximate surface area is 202 Å². The van der Waals surface area contributed by atoms with E-state index < -0.39 is 6.85 Å². The Bertz CT molecular complexity index is 1430. The zero-order valence-corrected chi connectivity index (χ0v) is 20.1. The lowest BCUT2D eigenvalue weighted by atomic mass is 9.82. The van der Waals surface area contributed by atoms with E-state index in [0.29, 0.717) is 5.56 Å². The van der Waals surface area contributed by atoms with E-state index in [1.807, 2.05) is 42.5 Å². The fourth-order valence-electron chi connectivity index (χ4n) is 5.30. The van der Waals surface area contributed by atoms with Crippen molar-refractivity contribution >= 4 is 11.4 Å². The molecule has 0 spiro atoms. The van der Waals surface area contributed by atoms with Gasteiger partial charge in [-0.1, -0.05) is 86.6 Å². The minimum absolute atomic E-state index is 0.226. The first-order valence-electron chi connectivity index (χ1n) is 13.1. The van der Waals surface area contributed by atoms with Gasteiger partial charge in [-0.25, -0.2) is 0 Å². The van der Waals surface area contributed by atoms with Gasteiger partial charge >= 0.3 is 0 Å². The molecule has 0 aromatic heterocycles. The third kappa shape index (κ3) is 3.47. The van der Waals surface area contributed by atoms with Crippen molar-refractivity contribution in [3.05, 3.63) is 108 Å². The summed E-state index contributed by atoms with van der Waals surface area (Å²) in [5.74, 6) is 0. The topological polar surface area (TPSA) is 3.24 Å². The summed E-state index contributed by atoms with van der Waals surface area (Å²) in [6.45, 7) is 8.63. The zero-order valence-electron chi connectivity index (χ0n) is 23.1. The summed E-state index contributed by atoms with van der Waals surface area (Å²) in [6.07, 6.45) is 0. The van der Waals surface area contributed by atoms with Gasteiger partial charge in [-0.05, 0) is 79.2 Å². The molecule has 0 bridgehead atoms. The van der Waals surface area contributed by atoms with Gasteiger partial charge in [-0.2, -0.15) is 0 Å². The first-order valence-corrected chi connectivity index (χ1v) is 11.6. The lowest BCUT2D eigenvalue weighted by Gasteiger charge is -2.40. The molecule has 0 heterocycles. The average molecular weight is 435 g/mol. The minimum atomic E-state index is -2.27. The van der Waals surface area contributed by atoms with Crippen LogP contribution in [0.5, 0.6) is 0 Å². The molecule has 0 aliphatic heterocycles. The maximum atomic E-state index is 8.54. The van der Waals surface area contributed by atoms with Crippen molar-refractivity contribution in [2.75, 3.05) is 4.90 Å². The Morgan fingerprint density at radius 2 is 1.30 bits per heavy atom. The molecule has 166 valence electrons. The van der Waals surface area contributed by atoms with E-state index in [0.717, 1.165) is 39.2 Å². The Kier molecular flexibility index (Phi) is 4.19. The van der Waals surface area contributed by atoms with Crippen LogP contribution in [0.1, 0.15) is 55.4 Å². The van der Waals surface area contributed by atoms with Crippen LogP contribution in [-0.4, -0.2) is 5.54 Å². The molecule has 0 saturated carbocycles. The van der Waals surface area contributed by atoms with Crippen LogP contribution >= 0.6 is 0 Å². The summed E-state index contributed by atoms with van der Waals surface area (Å²) >= 11 is 0. The van der Waals surface area contributed by atoms with Crippen LogP contribution in [0.4, 0.5) is 11.4 Å². The van der Waals surface area contributed by atoms with Crippen LogP contribution in [0.15, 0.2) is 91.0 Å². The van der Waals surface area contributed by atoms with Crippen LogP contribution < -0.4 is 4.90 Å². The summed E-state index contributed by atoms with van der Waals surface area (Å²) in [6, 6.07) is 31.0. The van der Waals surface area contributed by atoms with E-state index in [1.54, 1.807) is 0 Å². The second-order valence-electron chi connectivity index (χ2n) is 10.5. The second-order valence-corrected chi connectivity index (χ2v) is 10.5. The number of aryl methyl sites for hydroxylation is 1. The van der Waals surface area contributed by atoms with Crippen LogP contribution in [0.25, 0.3) is 22.3 Å². The fourth-order valence-corrected chi connectivity index (χ4v) is 5.30. The molecule has 1 heteroatoms. The van der Waals surface area contributed by atoms with Gasteiger partial charge in [-0.3, -0.25) is 0 Å². The highest BCUT2D eigenvalue weighted by Gasteiger charge is 2.37. The minimum Gasteiger partial charge on any atom is -0.335 e. The van der Waals surface area contributed by atoms with Crippen LogP contribution in [0, 0.1) is 6.85 Å². The second kappa shape index (κ2) is 7.63. The smallest absolute Gasteiger partial charge is 0.0495 e. The van der Waals surface area contributed by atoms with Gasteiger partial charge in [-0.15, -0.1) is 0 Å². The monoisotopic (exact) mass is 434 g/mol. The van der Waals surface area contributed by atoms with E-state index >= 15 is 0 Å². The summed E-state index contributed by atoms with van der Waals surface area (Å²) in [5.41, 5.74) is 8.24. The summed E-state index contributed by atoms with van der Waals surface area (Å²) in [7, 11) is 0. The van der Waals surface area contributed by atoms with Crippen molar-refractivity contribution in [1.82, 2.24) is 0 Å². The Morgan fingerprint density at radius 1 is 0.667 bits per heavy atom. The molecule has 0 fully saturated rings. The molecule has 33 heavy (non-hydrogen) atoms. The van der Waals surface area contributed by atoms with Crippen molar-refractivity contribution in [3.63, 3.8) is 0 Å². The molecule has 0 N–H and O–H groups in total. The number of fused-ring (bicyclic) bond motifs is 3. The van der Waals surface area contributed by atoms with Crippen molar-refractivity contribution in [2.45, 2.75) is 52.4 Å². The van der Waals surface area contributed by atoms with Gasteiger partial charge in [0, 0.05) is 32.0 Å². The molecular weight excluding hydrogens is 398 g/mol. The number of anilines is 2. The molecule has 0 saturated heterocycles. The number of hydrogen-bond acceptors (Lipinski definition) is 1. The maximum Gasteiger partial charge on any atom is 0.0495 e. The van der Waals surface area contributed by atoms with Crippen LogP contribution in [-0.2, 0) is 5.41 Å². The highest BCUT2D eigenvalue weighted by atomic mass is 15.2. The third-order valence-electron chi connectivity index (χ3n) is 6.84. The molecule has 0 amide bonds. The lowest BCUT2D eigenvalue weighted by molar-refractivity contribution is 0.559. The van der Waals surface area contributed by atoms with E-state index in [9.17, 15) is 0 Å². The van der Waals surface area contributed by atoms with Crippen molar-refractivity contribution in [2.24, 2.45) is 0 Å². The molecule has 1 aliphatic rings. The molecule has 1 nitrogen and oxygen atoms in total. The number of benzene rings is 4. The Hall–Kier alpha value is -3.32. The van der Waals surface area contributed by atoms with Crippen molar-refractivity contribution in [1.29, 1.82) is 0 Å². The first kappa shape index (κ1) is 18.1. The molecule has 0 radical (unpaired) electrons. The predicted molar refractivity (Wildman–Crippen MR) is 143 cm³/mol. The molecular formula is C32H33N. The van der Waals surface area contributed by atoms with E-state index in [4.69, 9.17) is 4.11 Å². The van der Waals surface area contributed by atoms with Gasteiger partial charge in [0.15, 0.2) is 0 Å². The van der Waals surface area contributed by atoms with Crippen molar-refractivity contribution in [3.8, 4) is 22.3 Å². The molecule has 4 aromatic rings. The largest absolute Gasteiger partial charge is 0.335 e. The lowest BCUT2D eigenvalue weighted by Crippen LogP contribution is -2.38. The fraction of sp³-hybridized carbons (Fsp3) is 0.250. The summed E-state index contributed by atoms with van der Waals surface area (Å²) < 4.78 is 25.6. The van der Waals surface area contributed by atoms with Gasteiger partial charge < -0.3 is 4.90 Å². The molecule has 0 atom stereocenters. The van der Waals surface area contributed by atoms with Gasteiger partial charge in [0.05, 0.1) is 0 Å². The van der Waals surface area contributed by atoms with Crippen LogP contribution in [0.2, 0.25) is 0 Å². The Morgan fingerprint density at radius 3 is 2.00 bits per heavy atom. The van der Waals surface area contributed by atoms with E-state index in [1.165, 1.54) is 5.56 Å². The number of para-hydroxylation sites is 1. The average Bonchev–Trinajstić information content (AvgIpc) is 3.05. The normalized spacial score (nSPS) is 15.7. The first-order chi connectivity index (χ1) is 16.9. The molecule has 5 rings (SSSR count).